The van der Waals surface area contributed by atoms with Gasteiger partial charge in [-0.25, -0.2) is 0 Å². The van der Waals surface area contributed by atoms with Gasteiger partial charge in [0.05, 0.1) is 11.1 Å². The maximum absolute atomic E-state index is 13.1. The lowest BCUT2D eigenvalue weighted by Crippen LogP contribution is -2.47. The third-order valence-corrected chi connectivity index (χ3v) is 5.62. The van der Waals surface area contributed by atoms with Crippen LogP contribution in [0, 0.1) is 0 Å². The Bertz CT molecular complexity index is 845. The summed E-state index contributed by atoms with van der Waals surface area (Å²) in [5.41, 5.74) is 5.49. The predicted molar refractivity (Wildman–Crippen MR) is 132 cm³/mol. The minimum atomic E-state index is -0.881. The number of carbonyl (C=O) groups is 5. The van der Waals surface area contributed by atoms with E-state index in [4.69, 9.17) is 10.5 Å². The van der Waals surface area contributed by atoms with Crippen molar-refractivity contribution in [1.29, 1.82) is 0 Å². The lowest BCUT2D eigenvalue weighted by molar-refractivity contribution is -0.125. The van der Waals surface area contributed by atoms with Crippen molar-refractivity contribution in [3.05, 3.63) is 29.3 Å². The molecule has 0 bridgehead atoms. The third kappa shape index (κ3) is 10.3. The summed E-state index contributed by atoms with van der Waals surface area (Å²) in [5, 5.41) is 5.26. The summed E-state index contributed by atoms with van der Waals surface area (Å²) >= 11 is 0. The van der Waals surface area contributed by atoms with E-state index in [9.17, 15) is 24.0 Å². The van der Waals surface area contributed by atoms with Gasteiger partial charge in [0.2, 0.25) is 5.91 Å². The van der Waals surface area contributed by atoms with Crippen LogP contribution in [0.4, 0.5) is 0 Å². The lowest BCUT2D eigenvalue weighted by atomic mass is 10.0. The van der Waals surface area contributed by atoms with Crippen molar-refractivity contribution in [1.82, 2.24) is 15.5 Å². The van der Waals surface area contributed by atoms with Crippen molar-refractivity contribution in [2.24, 2.45) is 5.73 Å². The smallest absolute Gasteiger partial charge is 0.257 e. The Morgan fingerprint density at radius 2 is 1.77 bits per heavy atom. The second-order valence-corrected chi connectivity index (χ2v) is 8.17. The molecule has 3 amide bonds. The van der Waals surface area contributed by atoms with Crippen molar-refractivity contribution in [2.75, 3.05) is 33.8 Å². The summed E-state index contributed by atoms with van der Waals surface area (Å²) < 4.78 is 5.53. The number of rotatable bonds is 18. The molecule has 1 unspecified atom stereocenters. The summed E-state index contributed by atoms with van der Waals surface area (Å²) in [6.45, 7) is 0.948. The van der Waals surface area contributed by atoms with Crippen LogP contribution in [-0.2, 0) is 14.4 Å². The largest absolute Gasteiger partial charge is 0.483 e. The van der Waals surface area contributed by atoms with Gasteiger partial charge < -0.3 is 30.8 Å². The first kappa shape index (κ1) is 29.8. The molecule has 0 heterocycles. The second kappa shape index (κ2) is 17.2. The van der Waals surface area contributed by atoms with Gasteiger partial charge >= 0.3 is 0 Å². The van der Waals surface area contributed by atoms with Crippen LogP contribution in [-0.4, -0.2) is 75.0 Å². The third-order valence-electron chi connectivity index (χ3n) is 5.62. The van der Waals surface area contributed by atoms with E-state index in [0.29, 0.717) is 25.7 Å². The normalized spacial score (nSPS) is 11.3. The molecule has 1 atom stereocenters. The average molecular weight is 491 g/mol. The van der Waals surface area contributed by atoms with Gasteiger partial charge in [0.15, 0.2) is 12.9 Å². The molecule has 0 aliphatic carbocycles. The molecule has 0 fully saturated rings. The van der Waals surface area contributed by atoms with E-state index in [1.54, 1.807) is 0 Å². The van der Waals surface area contributed by atoms with E-state index in [1.807, 2.05) is 0 Å². The minimum Gasteiger partial charge on any atom is -0.483 e. The van der Waals surface area contributed by atoms with E-state index in [1.165, 1.54) is 37.2 Å². The predicted octanol–water partition coefficient (Wildman–Crippen LogP) is 1.46. The average Bonchev–Trinajstić information content (AvgIpc) is 2.87. The number of nitrogens with one attached hydrogen (secondary N) is 2. The highest BCUT2D eigenvalue weighted by molar-refractivity contribution is 6.04. The van der Waals surface area contributed by atoms with Gasteiger partial charge in [-0.2, -0.15) is 0 Å². The molecule has 0 aliphatic rings. The zero-order valence-corrected chi connectivity index (χ0v) is 20.7. The molecule has 0 saturated heterocycles. The van der Waals surface area contributed by atoms with Gasteiger partial charge in [-0.3, -0.25) is 19.2 Å². The quantitative estimate of drug-likeness (QED) is 0.208. The van der Waals surface area contributed by atoms with E-state index in [-0.39, 0.29) is 42.2 Å². The Balaban J connectivity index is 2.72. The molecule has 0 saturated carbocycles. The molecule has 10 heteroatoms. The highest BCUT2D eigenvalue weighted by Gasteiger charge is 2.28. The summed E-state index contributed by atoms with van der Waals surface area (Å²) in [4.78, 5) is 61.2. The van der Waals surface area contributed by atoms with Crippen LogP contribution in [0.1, 0.15) is 72.1 Å². The lowest BCUT2D eigenvalue weighted by Gasteiger charge is -2.27. The minimum absolute atomic E-state index is 0.0133. The molecular formula is C25H38N4O6. The highest BCUT2D eigenvalue weighted by atomic mass is 16.5. The number of carbonyl (C=O) groups excluding carboxylic acids is 5. The van der Waals surface area contributed by atoms with Crippen molar-refractivity contribution < 1.29 is 28.7 Å². The summed E-state index contributed by atoms with van der Waals surface area (Å²) in [5.74, 6) is -1.23. The number of ether oxygens (including phenoxy) is 1. The molecule has 0 radical (unpaired) electrons. The van der Waals surface area contributed by atoms with Gasteiger partial charge in [0.1, 0.15) is 18.1 Å². The van der Waals surface area contributed by atoms with Crippen LogP contribution >= 0.6 is 0 Å². The summed E-state index contributed by atoms with van der Waals surface area (Å²) in [6, 6.07) is 3.60. The van der Waals surface area contributed by atoms with Crippen LogP contribution in [0.3, 0.4) is 0 Å². The van der Waals surface area contributed by atoms with Gasteiger partial charge in [0.25, 0.3) is 11.8 Å². The Hall–Kier alpha value is -3.27. The topological polar surface area (TPSA) is 148 Å². The zero-order chi connectivity index (χ0) is 26.1. The first-order valence-corrected chi connectivity index (χ1v) is 12.0. The fourth-order valence-corrected chi connectivity index (χ4v) is 3.60. The molecule has 4 N–H and O–H groups in total. The van der Waals surface area contributed by atoms with Gasteiger partial charge in [0, 0.05) is 27.1 Å². The Labute approximate surface area is 206 Å². The SMILES string of the molecule is CNC(=O)C(CCC=O)N(C)C(=O)c1cccc(OCC(=O)NCCCCCCCCN)c1C=O. The molecule has 35 heavy (non-hydrogen) atoms. The van der Waals surface area contributed by atoms with Gasteiger partial charge in [-0.1, -0.05) is 31.7 Å². The Morgan fingerprint density at radius 1 is 1.09 bits per heavy atom. The highest BCUT2D eigenvalue weighted by Crippen LogP contribution is 2.23. The van der Waals surface area contributed by atoms with Crippen LogP contribution in [0.2, 0.25) is 0 Å². The number of hydrogen-bond donors (Lipinski definition) is 3. The summed E-state index contributed by atoms with van der Waals surface area (Å²) in [6.07, 6.45) is 7.67. The monoisotopic (exact) mass is 490 g/mol. The molecule has 1 aromatic rings. The van der Waals surface area contributed by atoms with Crippen LogP contribution in [0.15, 0.2) is 18.2 Å². The first-order valence-electron chi connectivity index (χ1n) is 12.0. The number of benzene rings is 1. The molecular weight excluding hydrogens is 452 g/mol. The number of likely N-dealkylation sites (N-methyl/N-ethyl adjacent to an activating group) is 2. The van der Waals surface area contributed by atoms with E-state index in [2.05, 4.69) is 10.6 Å². The van der Waals surface area contributed by atoms with Crippen molar-refractivity contribution in [3.63, 3.8) is 0 Å². The fourth-order valence-electron chi connectivity index (χ4n) is 3.60. The van der Waals surface area contributed by atoms with Gasteiger partial charge in [-0.15, -0.1) is 0 Å². The van der Waals surface area contributed by atoms with Crippen molar-refractivity contribution >= 4 is 30.3 Å². The number of amides is 3. The fraction of sp³-hybridized carbons (Fsp3) is 0.560. The summed E-state index contributed by atoms with van der Waals surface area (Å²) in [7, 11) is 2.87. The van der Waals surface area contributed by atoms with Crippen LogP contribution in [0.25, 0.3) is 0 Å². The molecule has 1 rings (SSSR count). The van der Waals surface area contributed by atoms with Gasteiger partial charge in [-0.05, 0) is 37.9 Å². The Kier molecular flexibility index (Phi) is 14.6. The number of unbranched alkanes of at least 4 members (excludes halogenated alkanes) is 5. The Morgan fingerprint density at radius 3 is 2.40 bits per heavy atom. The number of hydrogen-bond acceptors (Lipinski definition) is 7. The molecule has 0 spiro atoms. The molecule has 0 aliphatic heterocycles. The molecule has 10 nitrogen and oxygen atoms in total. The molecule has 1 aromatic carbocycles. The van der Waals surface area contributed by atoms with E-state index >= 15 is 0 Å². The molecule has 194 valence electrons. The van der Waals surface area contributed by atoms with Crippen molar-refractivity contribution in [3.8, 4) is 5.75 Å². The zero-order valence-electron chi connectivity index (χ0n) is 20.7. The maximum Gasteiger partial charge on any atom is 0.257 e. The van der Waals surface area contributed by atoms with Crippen molar-refractivity contribution in [2.45, 2.75) is 57.4 Å². The first-order chi connectivity index (χ1) is 16.9. The second-order valence-electron chi connectivity index (χ2n) is 8.17. The maximum atomic E-state index is 13.1. The number of nitrogens with two attached hydrogens (primary N) is 1. The number of nitrogens with zero attached hydrogens (tertiary/aromatic N) is 1. The van der Waals surface area contributed by atoms with E-state index < -0.39 is 17.9 Å². The van der Waals surface area contributed by atoms with Crippen LogP contribution < -0.4 is 21.1 Å². The standard InChI is InChI=1S/C25H38N4O6/c1-27-24(33)21(12-10-16-30)29(2)25(34)19-11-9-13-22(20(19)17-31)35-18-23(32)28-15-8-6-4-3-5-7-14-26/h9,11,13,16-17,21H,3-8,10,12,14-15,18,26H2,1-2H3,(H,27,33)(H,28,32). The number of aldehydes is 2. The van der Waals surface area contributed by atoms with Crippen LogP contribution in [0.5, 0.6) is 5.75 Å². The molecule has 0 aromatic heterocycles. The van der Waals surface area contributed by atoms with E-state index in [0.717, 1.165) is 38.5 Å².